The Hall–Kier alpha value is -1.74. The first-order chi connectivity index (χ1) is 9.08. The second-order valence-corrected chi connectivity index (χ2v) is 5.12. The van der Waals surface area contributed by atoms with Crippen LogP contribution in [-0.4, -0.2) is 17.0 Å². The van der Waals surface area contributed by atoms with E-state index in [1.807, 2.05) is 26.4 Å². The summed E-state index contributed by atoms with van der Waals surface area (Å²) in [5.41, 5.74) is 5.89. The zero-order valence-electron chi connectivity index (χ0n) is 12.1. The molecule has 0 fully saturated rings. The van der Waals surface area contributed by atoms with Gasteiger partial charge in [-0.1, -0.05) is 29.3 Å². The summed E-state index contributed by atoms with van der Waals surface area (Å²) in [6.07, 6.45) is 4.61. The zero-order chi connectivity index (χ0) is 13.8. The summed E-state index contributed by atoms with van der Waals surface area (Å²) in [5, 5.41) is 3.32. The molecule has 0 aliphatic rings. The van der Waals surface area contributed by atoms with E-state index in [1.54, 1.807) is 0 Å². The minimum Gasteiger partial charge on any atom is -0.311 e. The topological polar surface area (TPSA) is 37.8 Å². The molecule has 1 N–H and O–H groups in total. The van der Waals surface area contributed by atoms with Crippen molar-refractivity contribution in [3.05, 3.63) is 58.7 Å². The maximum atomic E-state index is 4.47. The Bertz CT molecular complexity index is 526. The molecule has 3 nitrogen and oxygen atoms in total. The maximum absolute atomic E-state index is 4.47. The number of aryl methyl sites for hydroxylation is 3. The number of aromatic nitrogens is 2. The van der Waals surface area contributed by atoms with Gasteiger partial charge in [0.2, 0.25) is 0 Å². The Morgan fingerprint density at radius 2 is 1.68 bits per heavy atom. The van der Waals surface area contributed by atoms with Gasteiger partial charge in [0, 0.05) is 6.20 Å². The highest BCUT2D eigenvalue weighted by Crippen LogP contribution is 2.18. The van der Waals surface area contributed by atoms with Gasteiger partial charge >= 0.3 is 0 Å². The molecule has 3 heteroatoms. The fraction of sp³-hybridized carbons (Fsp3) is 0.375. The molecule has 1 unspecified atom stereocenters. The van der Waals surface area contributed by atoms with Crippen LogP contribution >= 0.6 is 0 Å². The highest BCUT2D eigenvalue weighted by atomic mass is 14.9. The predicted molar refractivity (Wildman–Crippen MR) is 78.2 cm³/mol. The van der Waals surface area contributed by atoms with Crippen LogP contribution in [0.25, 0.3) is 0 Å². The summed E-state index contributed by atoms with van der Waals surface area (Å²) in [6, 6.07) is 6.87. The average Bonchev–Trinajstić information content (AvgIpc) is 2.36. The summed E-state index contributed by atoms with van der Waals surface area (Å²) < 4.78 is 0. The molecule has 2 rings (SSSR count). The Labute approximate surface area is 115 Å². The van der Waals surface area contributed by atoms with E-state index in [2.05, 4.69) is 47.3 Å². The third-order valence-electron chi connectivity index (χ3n) is 3.23. The molecule has 1 aromatic heterocycles. The molecule has 100 valence electrons. The molecule has 0 saturated carbocycles. The van der Waals surface area contributed by atoms with Crippen molar-refractivity contribution >= 4 is 0 Å². The predicted octanol–water partition coefficient (Wildman–Crippen LogP) is 2.91. The molecule has 1 aromatic carbocycles. The number of hydrogen-bond acceptors (Lipinski definition) is 3. The zero-order valence-corrected chi connectivity index (χ0v) is 12.1. The van der Waals surface area contributed by atoms with Gasteiger partial charge in [0.05, 0.1) is 23.6 Å². The quantitative estimate of drug-likeness (QED) is 0.913. The van der Waals surface area contributed by atoms with Crippen LogP contribution in [0.15, 0.2) is 30.6 Å². The summed E-state index contributed by atoms with van der Waals surface area (Å²) in [6.45, 7) is 6.22. The van der Waals surface area contributed by atoms with Gasteiger partial charge in [0.15, 0.2) is 0 Å². The van der Waals surface area contributed by atoms with Crippen molar-refractivity contribution in [2.24, 2.45) is 0 Å². The van der Waals surface area contributed by atoms with Crippen molar-refractivity contribution in [2.75, 3.05) is 7.05 Å². The van der Waals surface area contributed by atoms with Crippen LogP contribution in [0.2, 0.25) is 0 Å². The SMILES string of the molecule is CNC(Cc1cc(C)cc(C)c1)c1cnc(C)cn1. The summed E-state index contributed by atoms with van der Waals surface area (Å²) in [7, 11) is 1.97. The second-order valence-electron chi connectivity index (χ2n) is 5.12. The number of nitrogens with zero attached hydrogens (tertiary/aromatic N) is 2. The normalized spacial score (nSPS) is 12.4. The highest BCUT2D eigenvalue weighted by molar-refractivity contribution is 5.29. The molecule has 1 atom stereocenters. The van der Waals surface area contributed by atoms with E-state index in [4.69, 9.17) is 0 Å². The van der Waals surface area contributed by atoms with Crippen LogP contribution in [0, 0.1) is 20.8 Å². The minimum absolute atomic E-state index is 0.203. The van der Waals surface area contributed by atoms with Crippen LogP contribution in [-0.2, 0) is 6.42 Å². The lowest BCUT2D eigenvalue weighted by atomic mass is 10.00. The van der Waals surface area contributed by atoms with Crippen LogP contribution in [0.5, 0.6) is 0 Å². The van der Waals surface area contributed by atoms with Gasteiger partial charge in [-0.05, 0) is 39.8 Å². The van der Waals surface area contributed by atoms with E-state index in [0.717, 1.165) is 17.8 Å². The molecule has 0 aliphatic heterocycles. The van der Waals surface area contributed by atoms with Gasteiger partial charge in [-0.15, -0.1) is 0 Å². The number of benzene rings is 1. The molecule has 1 heterocycles. The molecule has 0 saturated heterocycles. The van der Waals surface area contributed by atoms with E-state index < -0.39 is 0 Å². The summed E-state index contributed by atoms with van der Waals surface area (Å²) >= 11 is 0. The average molecular weight is 255 g/mol. The number of hydrogen-bond donors (Lipinski definition) is 1. The van der Waals surface area contributed by atoms with Gasteiger partial charge in [-0.3, -0.25) is 9.97 Å². The van der Waals surface area contributed by atoms with Crippen LogP contribution in [0.1, 0.15) is 34.1 Å². The van der Waals surface area contributed by atoms with Crippen molar-refractivity contribution in [1.29, 1.82) is 0 Å². The third kappa shape index (κ3) is 3.61. The van der Waals surface area contributed by atoms with E-state index in [9.17, 15) is 0 Å². The molecule has 19 heavy (non-hydrogen) atoms. The van der Waals surface area contributed by atoms with Gasteiger partial charge in [0.25, 0.3) is 0 Å². The largest absolute Gasteiger partial charge is 0.311 e. The lowest BCUT2D eigenvalue weighted by molar-refractivity contribution is 0.572. The highest BCUT2D eigenvalue weighted by Gasteiger charge is 2.12. The molecule has 0 bridgehead atoms. The molecule has 0 radical (unpaired) electrons. The van der Waals surface area contributed by atoms with Gasteiger partial charge in [0.1, 0.15) is 0 Å². The fourth-order valence-electron chi connectivity index (χ4n) is 2.36. The van der Waals surface area contributed by atoms with E-state index in [-0.39, 0.29) is 6.04 Å². The van der Waals surface area contributed by atoms with E-state index >= 15 is 0 Å². The summed E-state index contributed by atoms with van der Waals surface area (Å²) in [4.78, 5) is 8.79. The number of rotatable bonds is 4. The minimum atomic E-state index is 0.203. The van der Waals surface area contributed by atoms with Crippen molar-refractivity contribution < 1.29 is 0 Å². The second kappa shape index (κ2) is 5.93. The first kappa shape index (κ1) is 13.7. The molecule has 0 aliphatic carbocycles. The molecular weight excluding hydrogens is 234 g/mol. The number of likely N-dealkylation sites (N-methyl/N-ethyl adjacent to an activating group) is 1. The molecule has 0 spiro atoms. The Balaban J connectivity index is 2.21. The van der Waals surface area contributed by atoms with E-state index in [0.29, 0.717) is 0 Å². The van der Waals surface area contributed by atoms with Crippen molar-refractivity contribution in [3.63, 3.8) is 0 Å². The smallest absolute Gasteiger partial charge is 0.0759 e. The van der Waals surface area contributed by atoms with Gasteiger partial charge < -0.3 is 5.32 Å². The lowest BCUT2D eigenvalue weighted by Gasteiger charge is -2.16. The van der Waals surface area contributed by atoms with Crippen LogP contribution in [0.4, 0.5) is 0 Å². The molecular formula is C16H21N3. The number of nitrogens with one attached hydrogen (secondary N) is 1. The van der Waals surface area contributed by atoms with Crippen molar-refractivity contribution in [1.82, 2.24) is 15.3 Å². The first-order valence-electron chi connectivity index (χ1n) is 6.61. The first-order valence-corrected chi connectivity index (χ1v) is 6.61. The Morgan fingerprint density at radius 1 is 1.00 bits per heavy atom. The molecule has 0 amide bonds. The van der Waals surface area contributed by atoms with Gasteiger partial charge in [-0.2, -0.15) is 0 Å². The Kier molecular flexibility index (Phi) is 4.27. The molecule has 2 aromatic rings. The van der Waals surface area contributed by atoms with Crippen molar-refractivity contribution in [2.45, 2.75) is 33.2 Å². The maximum Gasteiger partial charge on any atom is 0.0759 e. The van der Waals surface area contributed by atoms with Crippen LogP contribution in [0.3, 0.4) is 0 Å². The lowest BCUT2D eigenvalue weighted by Crippen LogP contribution is -2.20. The monoisotopic (exact) mass is 255 g/mol. The van der Waals surface area contributed by atoms with Crippen LogP contribution < -0.4 is 5.32 Å². The Morgan fingerprint density at radius 3 is 2.21 bits per heavy atom. The standard InChI is InChI=1S/C16H21N3/c1-11-5-12(2)7-14(6-11)8-15(17-4)16-10-18-13(3)9-19-16/h5-7,9-10,15,17H,8H2,1-4H3. The summed E-state index contributed by atoms with van der Waals surface area (Å²) in [5.74, 6) is 0. The van der Waals surface area contributed by atoms with Crippen molar-refractivity contribution in [3.8, 4) is 0 Å². The third-order valence-corrected chi connectivity index (χ3v) is 3.23. The fourth-order valence-corrected chi connectivity index (χ4v) is 2.36. The van der Waals surface area contributed by atoms with E-state index in [1.165, 1.54) is 16.7 Å². The van der Waals surface area contributed by atoms with Gasteiger partial charge in [-0.25, -0.2) is 0 Å².